The molecular weight excluding hydrogens is 380 g/mol. The number of hydrazone groups is 1. The number of nitrogens with zero attached hydrogens (tertiary/aromatic N) is 4. The van der Waals surface area contributed by atoms with Crippen molar-refractivity contribution in [3.8, 4) is 0 Å². The van der Waals surface area contributed by atoms with Crippen molar-refractivity contribution < 1.29 is 4.79 Å². The summed E-state index contributed by atoms with van der Waals surface area (Å²) in [5, 5.41) is 7.10. The average molecular weight is 392 g/mol. The van der Waals surface area contributed by atoms with E-state index < -0.39 is 0 Å². The van der Waals surface area contributed by atoms with Gasteiger partial charge in [-0.25, -0.2) is 14.4 Å². The Morgan fingerprint density at radius 2 is 1.78 bits per heavy atom. The van der Waals surface area contributed by atoms with Crippen LogP contribution in [0.15, 0.2) is 64.5 Å². The van der Waals surface area contributed by atoms with Crippen molar-refractivity contribution in [1.29, 1.82) is 0 Å². The largest absolute Gasteiger partial charge is 0.292 e. The van der Waals surface area contributed by atoms with E-state index in [1.165, 1.54) is 30.0 Å². The molecule has 0 saturated carbocycles. The summed E-state index contributed by atoms with van der Waals surface area (Å²) in [7, 11) is 0. The summed E-state index contributed by atoms with van der Waals surface area (Å²) < 4.78 is 2.15. The van der Waals surface area contributed by atoms with Crippen LogP contribution < -0.4 is 15.1 Å². The summed E-state index contributed by atoms with van der Waals surface area (Å²) in [6, 6.07) is 17.0. The van der Waals surface area contributed by atoms with E-state index in [1.54, 1.807) is 9.41 Å². The summed E-state index contributed by atoms with van der Waals surface area (Å²) in [4.78, 5) is 30.3. The molecule has 0 spiro atoms. The number of anilines is 1. The van der Waals surface area contributed by atoms with E-state index in [-0.39, 0.29) is 11.3 Å². The van der Waals surface area contributed by atoms with Gasteiger partial charge in [0.2, 0.25) is 0 Å². The maximum Gasteiger partial charge on any atom is 0.277 e. The zero-order chi connectivity index (χ0) is 18.5. The molecule has 1 aliphatic rings. The Labute approximate surface area is 161 Å². The number of thioether (sulfide) groups is 1. The topological polar surface area (TPSA) is 67.0 Å². The van der Waals surface area contributed by atoms with Crippen molar-refractivity contribution >= 4 is 60.6 Å². The van der Waals surface area contributed by atoms with Crippen LogP contribution >= 0.6 is 23.1 Å². The Morgan fingerprint density at radius 1 is 1.04 bits per heavy atom. The van der Waals surface area contributed by atoms with E-state index in [0.717, 1.165) is 16.7 Å². The monoisotopic (exact) mass is 392 g/mol. The molecule has 27 heavy (non-hydrogen) atoms. The number of aromatic nitrogens is 2. The molecule has 0 aliphatic carbocycles. The van der Waals surface area contributed by atoms with E-state index >= 15 is 0 Å². The van der Waals surface area contributed by atoms with Gasteiger partial charge in [0.05, 0.1) is 16.7 Å². The van der Waals surface area contributed by atoms with Crippen molar-refractivity contribution in [1.82, 2.24) is 9.38 Å². The third-order valence-electron chi connectivity index (χ3n) is 4.19. The highest BCUT2D eigenvalue weighted by Gasteiger charge is 2.28. The number of carbonyl (C=O) groups excluding carboxylic acids is 1. The predicted octanol–water partition coefficient (Wildman–Crippen LogP) is 2.85. The number of benzene rings is 2. The first kappa shape index (κ1) is 16.2. The summed E-state index contributed by atoms with van der Waals surface area (Å²) in [5.74, 6) is -0.129. The van der Waals surface area contributed by atoms with Crippen LogP contribution in [0.5, 0.6) is 0 Å². The molecule has 0 N–H and O–H groups in total. The van der Waals surface area contributed by atoms with Gasteiger partial charge in [-0.15, -0.1) is 0 Å². The van der Waals surface area contributed by atoms with Crippen molar-refractivity contribution in [2.24, 2.45) is 5.10 Å². The molecule has 6 nitrogen and oxygen atoms in total. The summed E-state index contributed by atoms with van der Waals surface area (Å²) >= 11 is 2.54. The van der Waals surface area contributed by atoms with Crippen LogP contribution in [0.1, 0.15) is 6.92 Å². The standard InChI is InChI=1S/C19H12N4O2S2/c1-11(24)16-21-23(12-7-3-2-4-8-12)18(27-16)15-17(25)22-14-10-6-5-9-13(14)20-19(22)26-15/h2-10H,1H3. The summed E-state index contributed by atoms with van der Waals surface area (Å²) in [6.45, 7) is 1.48. The number of imidazole rings is 1. The SMILES string of the molecule is CC(=O)C1=NN(c2ccccc2)C(=c2sc3nc4ccccc4n3c2=O)S1. The molecule has 0 atom stereocenters. The zero-order valence-electron chi connectivity index (χ0n) is 14.1. The molecule has 0 radical (unpaired) electrons. The molecule has 0 amide bonds. The van der Waals surface area contributed by atoms with Crippen LogP contribution in [-0.2, 0) is 4.79 Å². The fourth-order valence-corrected chi connectivity index (χ4v) is 5.02. The van der Waals surface area contributed by atoms with E-state index in [9.17, 15) is 9.59 Å². The lowest BCUT2D eigenvalue weighted by molar-refractivity contribution is -0.110. The Kier molecular flexibility index (Phi) is 3.63. The van der Waals surface area contributed by atoms with E-state index in [0.29, 0.717) is 19.6 Å². The van der Waals surface area contributed by atoms with Crippen LogP contribution in [0.25, 0.3) is 21.0 Å². The molecule has 132 valence electrons. The predicted molar refractivity (Wildman–Crippen MR) is 110 cm³/mol. The lowest BCUT2D eigenvalue weighted by Crippen LogP contribution is -2.28. The highest BCUT2D eigenvalue weighted by Crippen LogP contribution is 2.35. The quantitative estimate of drug-likeness (QED) is 0.525. The molecule has 0 bridgehead atoms. The number of rotatable bonds is 2. The third kappa shape index (κ3) is 2.48. The molecule has 2 aromatic carbocycles. The van der Waals surface area contributed by atoms with Gasteiger partial charge in [0.25, 0.3) is 5.56 Å². The van der Waals surface area contributed by atoms with E-state index in [1.807, 2.05) is 54.6 Å². The second-order valence-electron chi connectivity index (χ2n) is 5.97. The van der Waals surface area contributed by atoms with Gasteiger partial charge in [-0.3, -0.25) is 9.59 Å². The molecule has 8 heteroatoms. The minimum atomic E-state index is -0.146. The second-order valence-corrected chi connectivity index (χ2v) is 7.93. The first-order valence-corrected chi connectivity index (χ1v) is 9.83. The molecule has 0 saturated heterocycles. The Bertz CT molecular complexity index is 1360. The van der Waals surface area contributed by atoms with Gasteiger partial charge in [0, 0.05) is 6.92 Å². The summed E-state index contributed by atoms with van der Waals surface area (Å²) in [5.41, 5.74) is 2.22. The lowest BCUT2D eigenvalue weighted by atomic mass is 10.3. The molecule has 5 rings (SSSR count). The van der Waals surface area contributed by atoms with Gasteiger partial charge >= 0.3 is 0 Å². The van der Waals surface area contributed by atoms with Crippen molar-refractivity contribution in [2.45, 2.75) is 6.92 Å². The summed E-state index contributed by atoms with van der Waals surface area (Å²) in [6.07, 6.45) is 0. The fraction of sp³-hybridized carbons (Fsp3) is 0.0526. The number of fused-ring (bicyclic) bond motifs is 3. The molecule has 1 aliphatic heterocycles. The lowest BCUT2D eigenvalue weighted by Gasteiger charge is -2.14. The molecule has 3 heterocycles. The van der Waals surface area contributed by atoms with Gasteiger partial charge in [0.1, 0.15) is 9.56 Å². The zero-order valence-corrected chi connectivity index (χ0v) is 15.8. The molecular formula is C19H12N4O2S2. The van der Waals surface area contributed by atoms with Crippen LogP contribution in [0.4, 0.5) is 5.69 Å². The Morgan fingerprint density at radius 3 is 2.56 bits per heavy atom. The Balaban J connectivity index is 1.81. The number of thiazole rings is 1. The van der Waals surface area contributed by atoms with Crippen molar-refractivity contribution in [3.05, 3.63) is 69.5 Å². The van der Waals surface area contributed by atoms with Crippen LogP contribution in [0.3, 0.4) is 0 Å². The average Bonchev–Trinajstić information content (AvgIpc) is 3.35. The number of hydrogen-bond acceptors (Lipinski definition) is 7. The third-order valence-corrected chi connectivity index (χ3v) is 6.48. The van der Waals surface area contributed by atoms with Crippen LogP contribution in [0, 0.1) is 0 Å². The van der Waals surface area contributed by atoms with Crippen molar-refractivity contribution in [3.63, 3.8) is 0 Å². The van der Waals surface area contributed by atoms with Gasteiger partial charge in [-0.1, -0.05) is 41.7 Å². The number of para-hydroxylation sites is 3. The maximum absolute atomic E-state index is 13.2. The molecule has 0 unspecified atom stereocenters. The number of ketones is 1. The highest BCUT2D eigenvalue weighted by atomic mass is 32.2. The smallest absolute Gasteiger partial charge is 0.277 e. The number of Topliss-reactive ketones (excluding diaryl/α,β-unsaturated/α-hetero) is 1. The minimum Gasteiger partial charge on any atom is -0.292 e. The number of hydrogen-bond donors (Lipinski definition) is 0. The first-order chi connectivity index (χ1) is 13.1. The van der Waals surface area contributed by atoms with Gasteiger partial charge in [-0.05, 0) is 36.0 Å². The molecule has 4 aromatic rings. The first-order valence-electron chi connectivity index (χ1n) is 8.20. The van der Waals surface area contributed by atoms with E-state index in [2.05, 4.69) is 10.1 Å². The fourth-order valence-electron chi connectivity index (χ4n) is 2.96. The Hall–Kier alpha value is -2.97. The normalized spacial score (nSPS) is 16.3. The molecule has 0 fully saturated rings. The maximum atomic E-state index is 13.2. The van der Waals surface area contributed by atoms with Gasteiger partial charge in [0.15, 0.2) is 15.8 Å². The van der Waals surface area contributed by atoms with Crippen LogP contribution in [0.2, 0.25) is 0 Å². The van der Waals surface area contributed by atoms with E-state index in [4.69, 9.17) is 0 Å². The molecule has 2 aromatic heterocycles. The van der Waals surface area contributed by atoms with Gasteiger partial charge in [-0.2, -0.15) is 5.10 Å². The minimum absolute atomic E-state index is 0.129. The van der Waals surface area contributed by atoms with Crippen molar-refractivity contribution in [2.75, 3.05) is 5.01 Å². The number of carbonyl (C=O) groups is 1. The highest BCUT2D eigenvalue weighted by molar-refractivity contribution is 8.23. The van der Waals surface area contributed by atoms with Crippen LogP contribution in [-0.4, -0.2) is 20.2 Å². The second kappa shape index (κ2) is 6.04. The van der Waals surface area contributed by atoms with Gasteiger partial charge < -0.3 is 0 Å².